The fraction of sp³-hybridized carbons (Fsp3) is 0.200. The Morgan fingerprint density at radius 2 is 2.09 bits per heavy atom. The molecule has 0 spiro atoms. The molecule has 0 atom stereocenters. The van der Waals surface area contributed by atoms with E-state index in [0.717, 1.165) is 32.5 Å². The summed E-state index contributed by atoms with van der Waals surface area (Å²) in [6, 6.07) is 7.82. The second-order valence-corrected chi connectivity index (χ2v) is 6.08. The van der Waals surface area contributed by atoms with Gasteiger partial charge in [0.25, 0.3) is 0 Å². The van der Waals surface area contributed by atoms with Gasteiger partial charge in [0, 0.05) is 18.3 Å². The van der Waals surface area contributed by atoms with Crippen molar-refractivity contribution in [1.29, 1.82) is 0 Å². The van der Waals surface area contributed by atoms with Gasteiger partial charge in [0.1, 0.15) is 10.8 Å². The van der Waals surface area contributed by atoms with Crippen LogP contribution in [-0.2, 0) is 7.05 Å². The van der Waals surface area contributed by atoms with Crippen molar-refractivity contribution < 1.29 is 4.74 Å². The first-order chi connectivity index (χ1) is 11.2. The van der Waals surface area contributed by atoms with E-state index in [9.17, 15) is 0 Å². The summed E-state index contributed by atoms with van der Waals surface area (Å²) < 4.78 is 8.85. The van der Waals surface area contributed by atoms with E-state index in [1.54, 1.807) is 17.8 Å². The van der Waals surface area contributed by atoms with Crippen LogP contribution in [0, 0.1) is 6.92 Å². The number of nitrogens with zero attached hydrogens (tertiary/aromatic N) is 6. The van der Waals surface area contributed by atoms with Gasteiger partial charge in [-0.15, -0.1) is 10.2 Å². The molecule has 0 aliphatic heterocycles. The smallest absolute Gasteiger partial charge is 0.235 e. The third-order valence-electron chi connectivity index (χ3n) is 3.78. The minimum atomic E-state index is 0.705. The maximum atomic E-state index is 5.27. The minimum Gasteiger partial charge on any atom is -0.497 e. The Balaban J connectivity index is 1.84. The Kier molecular flexibility index (Phi) is 3.12. The lowest BCUT2D eigenvalue weighted by Crippen LogP contribution is -1.95. The Hall–Kier alpha value is -2.74. The van der Waals surface area contributed by atoms with E-state index in [1.165, 1.54) is 11.3 Å². The number of rotatable bonds is 3. The fourth-order valence-corrected chi connectivity index (χ4v) is 3.21. The van der Waals surface area contributed by atoms with Gasteiger partial charge >= 0.3 is 0 Å². The van der Waals surface area contributed by atoms with Crippen LogP contribution in [-0.4, -0.2) is 36.7 Å². The minimum absolute atomic E-state index is 0.705. The molecule has 23 heavy (non-hydrogen) atoms. The summed E-state index contributed by atoms with van der Waals surface area (Å²) in [4.78, 5) is 0.751. The van der Waals surface area contributed by atoms with Gasteiger partial charge in [-0.05, 0) is 19.1 Å². The van der Waals surface area contributed by atoms with Gasteiger partial charge in [-0.1, -0.05) is 23.5 Å². The molecule has 0 radical (unpaired) electrons. The van der Waals surface area contributed by atoms with Crippen LogP contribution in [0.5, 0.6) is 5.75 Å². The summed E-state index contributed by atoms with van der Waals surface area (Å²) in [6.07, 6.45) is 1.79. The lowest BCUT2D eigenvalue weighted by Gasteiger charge is -2.00. The lowest BCUT2D eigenvalue weighted by molar-refractivity contribution is 0.415. The summed E-state index contributed by atoms with van der Waals surface area (Å²) in [7, 11) is 3.56. The second-order valence-electron chi connectivity index (χ2n) is 5.12. The molecule has 0 amide bonds. The quantitative estimate of drug-likeness (QED) is 0.579. The zero-order valence-corrected chi connectivity index (χ0v) is 13.7. The number of fused-ring (bicyclic) bond motifs is 1. The monoisotopic (exact) mass is 326 g/mol. The highest BCUT2D eigenvalue weighted by Gasteiger charge is 2.17. The number of aryl methyl sites for hydroxylation is 1. The molecule has 0 aliphatic rings. The summed E-state index contributed by atoms with van der Waals surface area (Å²) >= 11 is 1.49. The SMILES string of the molecule is COc1cccc(-c2nn3c(-c4cnn(C)c4C)nnc3s2)c1. The first-order valence-electron chi connectivity index (χ1n) is 7.03. The van der Waals surface area contributed by atoms with Crippen LogP contribution in [0.1, 0.15) is 5.69 Å². The van der Waals surface area contributed by atoms with E-state index >= 15 is 0 Å². The fourth-order valence-electron chi connectivity index (χ4n) is 2.38. The molecular formula is C15H14N6OS. The highest BCUT2D eigenvalue weighted by atomic mass is 32.1. The lowest BCUT2D eigenvalue weighted by atomic mass is 10.2. The van der Waals surface area contributed by atoms with Gasteiger partial charge < -0.3 is 4.74 Å². The molecule has 3 heterocycles. The Bertz CT molecular complexity index is 999. The van der Waals surface area contributed by atoms with Gasteiger partial charge in [0.05, 0.1) is 18.9 Å². The van der Waals surface area contributed by atoms with Crippen molar-refractivity contribution in [2.24, 2.45) is 7.05 Å². The maximum absolute atomic E-state index is 5.27. The molecule has 4 aromatic rings. The van der Waals surface area contributed by atoms with Gasteiger partial charge in [-0.25, -0.2) is 0 Å². The standard InChI is InChI=1S/C15H14N6OS/c1-9-12(8-16-20(9)2)13-17-18-15-21(13)19-14(23-15)10-5-4-6-11(7-10)22-3/h4-8H,1-3H3. The molecule has 8 heteroatoms. The van der Waals surface area contributed by atoms with Gasteiger partial charge in [0.2, 0.25) is 4.96 Å². The van der Waals surface area contributed by atoms with Crippen molar-refractivity contribution >= 4 is 16.3 Å². The van der Waals surface area contributed by atoms with Crippen LogP contribution >= 0.6 is 11.3 Å². The van der Waals surface area contributed by atoms with E-state index in [2.05, 4.69) is 20.4 Å². The molecule has 0 N–H and O–H groups in total. The van der Waals surface area contributed by atoms with Crippen molar-refractivity contribution in [1.82, 2.24) is 29.6 Å². The predicted octanol–water partition coefficient (Wildman–Crippen LogP) is 2.57. The summed E-state index contributed by atoms with van der Waals surface area (Å²) in [5, 5.41) is 18.3. The first-order valence-corrected chi connectivity index (χ1v) is 7.84. The van der Waals surface area contributed by atoms with Crippen LogP contribution in [0.25, 0.3) is 26.9 Å². The van der Waals surface area contributed by atoms with Crippen molar-refractivity contribution in [3.63, 3.8) is 0 Å². The van der Waals surface area contributed by atoms with E-state index in [-0.39, 0.29) is 0 Å². The average Bonchev–Trinajstić information content (AvgIpc) is 3.24. The molecule has 0 bridgehead atoms. The van der Waals surface area contributed by atoms with E-state index in [1.807, 2.05) is 42.9 Å². The van der Waals surface area contributed by atoms with E-state index in [0.29, 0.717) is 5.82 Å². The molecule has 4 rings (SSSR count). The molecule has 3 aromatic heterocycles. The Morgan fingerprint density at radius 1 is 1.22 bits per heavy atom. The number of hydrogen-bond donors (Lipinski definition) is 0. The number of ether oxygens (including phenoxy) is 1. The zero-order valence-electron chi connectivity index (χ0n) is 12.9. The third-order valence-corrected chi connectivity index (χ3v) is 4.73. The van der Waals surface area contributed by atoms with Crippen LogP contribution in [0.4, 0.5) is 0 Å². The van der Waals surface area contributed by atoms with Gasteiger partial charge in [-0.3, -0.25) is 4.68 Å². The van der Waals surface area contributed by atoms with Crippen molar-refractivity contribution in [2.45, 2.75) is 6.92 Å². The largest absolute Gasteiger partial charge is 0.497 e. The van der Waals surface area contributed by atoms with E-state index in [4.69, 9.17) is 4.74 Å². The van der Waals surface area contributed by atoms with Gasteiger partial charge in [-0.2, -0.15) is 14.7 Å². The topological polar surface area (TPSA) is 70.1 Å². The molecule has 1 aromatic carbocycles. The Labute approximate surface area is 136 Å². The Morgan fingerprint density at radius 3 is 2.83 bits per heavy atom. The van der Waals surface area contributed by atoms with Crippen LogP contribution in [0.15, 0.2) is 30.5 Å². The summed E-state index contributed by atoms with van der Waals surface area (Å²) in [5.41, 5.74) is 2.95. The van der Waals surface area contributed by atoms with Crippen molar-refractivity contribution in [3.8, 4) is 27.7 Å². The number of benzene rings is 1. The van der Waals surface area contributed by atoms with Crippen molar-refractivity contribution in [3.05, 3.63) is 36.2 Å². The number of methoxy groups -OCH3 is 1. The molecule has 0 saturated heterocycles. The molecule has 0 fully saturated rings. The van der Waals surface area contributed by atoms with Crippen LogP contribution in [0.2, 0.25) is 0 Å². The zero-order chi connectivity index (χ0) is 16.0. The summed E-state index contributed by atoms with van der Waals surface area (Å²) in [5.74, 6) is 1.51. The third kappa shape index (κ3) is 2.18. The maximum Gasteiger partial charge on any atom is 0.235 e. The second kappa shape index (κ2) is 5.17. The highest BCUT2D eigenvalue weighted by Crippen LogP contribution is 2.30. The van der Waals surface area contributed by atoms with Crippen LogP contribution < -0.4 is 4.74 Å². The highest BCUT2D eigenvalue weighted by molar-refractivity contribution is 7.19. The first kappa shape index (κ1) is 13.9. The summed E-state index contributed by atoms with van der Waals surface area (Å²) in [6.45, 7) is 2.00. The predicted molar refractivity (Wildman–Crippen MR) is 87.6 cm³/mol. The van der Waals surface area contributed by atoms with E-state index < -0.39 is 0 Å². The number of hydrogen-bond acceptors (Lipinski definition) is 6. The van der Waals surface area contributed by atoms with Crippen molar-refractivity contribution in [2.75, 3.05) is 7.11 Å². The van der Waals surface area contributed by atoms with Gasteiger partial charge in [0.15, 0.2) is 5.82 Å². The molecule has 0 saturated carbocycles. The average molecular weight is 326 g/mol. The van der Waals surface area contributed by atoms with Crippen LogP contribution in [0.3, 0.4) is 0 Å². The molecule has 0 unspecified atom stereocenters. The molecule has 0 aliphatic carbocycles. The normalized spacial score (nSPS) is 11.3. The molecular weight excluding hydrogens is 312 g/mol. The molecule has 7 nitrogen and oxygen atoms in total. The molecule has 116 valence electrons. The number of aromatic nitrogens is 6.